The average molecular weight is 355 g/mol. The highest BCUT2D eigenvalue weighted by atomic mass is 35.5. The van der Waals surface area contributed by atoms with Crippen LogP contribution in [0.15, 0.2) is 41.4 Å². The maximum Gasteiger partial charge on any atom is 0.279 e. The number of thiazole rings is 1. The van der Waals surface area contributed by atoms with Crippen molar-refractivity contribution in [2.75, 3.05) is 0 Å². The van der Waals surface area contributed by atoms with Crippen molar-refractivity contribution in [2.24, 2.45) is 4.99 Å². The zero-order chi connectivity index (χ0) is 17.3. The summed E-state index contributed by atoms with van der Waals surface area (Å²) in [4.78, 5) is 17.5. The minimum absolute atomic E-state index is 0.269. The number of hydrogen-bond donors (Lipinski definition) is 0. The van der Waals surface area contributed by atoms with E-state index in [4.69, 9.17) is 18.0 Å². The molecule has 1 aromatic heterocycles. The lowest BCUT2D eigenvalue weighted by Crippen LogP contribution is -2.17. The van der Waals surface area contributed by atoms with Gasteiger partial charge in [0.05, 0.1) is 16.8 Å². The molecule has 0 saturated heterocycles. The van der Waals surface area contributed by atoms with Crippen LogP contribution in [0.3, 0.4) is 0 Å². The van der Waals surface area contributed by atoms with Crippen LogP contribution in [0.5, 0.6) is 0 Å². The molecule has 3 rings (SSSR count). The molecule has 0 bridgehead atoms. The molecule has 0 aliphatic rings. The molecule has 0 aliphatic carbocycles. The van der Waals surface area contributed by atoms with Gasteiger partial charge in [-0.15, -0.1) is 6.42 Å². The van der Waals surface area contributed by atoms with E-state index in [0.717, 1.165) is 21.3 Å². The number of aromatic nitrogens is 1. The quantitative estimate of drug-likeness (QED) is 0.630. The molecule has 5 heteroatoms. The maximum absolute atomic E-state index is 12.6. The fourth-order valence-corrected chi connectivity index (χ4v) is 3.84. The average Bonchev–Trinajstić information content (AvgIpc) is 2.90. The van der Waals surface area contributed by atoms with Crippen molar-refractivity contribution in [3.05, 3.63) is 62.9 Å². The predicted octanol–water partition coefficient (Wildman–Crippen LogP) is 4.35. The second-order valence-electron chi connectivity index (χ2n) is 5.43. The third kappa shape index (κ3) is 2.89. The molecule has 120 valence electrons. The first-order valence-electron chi connectivity index (χ1n) is 7.39. The second-order valence-corrected chi connectivity index (χ2v) is 6.84. The summed E-state index contributed by atoms with van der Waals surface area (Å²) in [5.41, 5.74) is 3.36. The summed E-state index contributed by atoms with van der Waals surface area (Å²) in [5.74, 6) is 2.36. The van der Waals surface area contributed by atoms with E-state index in [0.29, 0.717) is 21.9 Å². The molecule has 0 fully saturated rings. The van der Waals surface area contributed by atoms with Crippen LogP contribution in [0, 0.1) is 26.2 Å². The van der Waals surface area contributed by atoms with E-state index < -0.39 is 0 Å². The van der Waals surface area contributed by atoms with E-state index in [1.165, 1.54) is 11.3 Å². The zero-order valence-corrected chi connectivity index (χ0v) is 14.9. The predicted molar refractivity (Wildman–Crippen MR) is 99.5 cm³/mol. The first kappa shape index (κ1) is 16.5. The topological polar surface area (TPSA) is 34.4 Å². The SMILES string of the molecule is C#CCn1c(=NC(=O)c2ccccc2C)sc2ccc(Cl)c(C)c21. The molecule has 2 aromatic carbocycles. The van der Waals surface area contributed by atoms with Crippen molar-refractivity contribution >= 4 is 39.1 Å². The molecule has 0 N–H and O–H groups in total. The Kier molecular flexibility index (Phi) is 4.57. The Bertz CT molecular complexity index is 1050. The lowest BCUT2D eigenvalue weighted by molar-refractivity contribution is 0.0997. The van der Waals surface area contributed by atoms with E-state index >= 15 is 0 Å². The van der Waals surface area contributed by atoms with Gasteiger partial charge in [-0.2, -0.15) is 4.99 Å². The van der Waals surface area contributed by atoms with Crippen LogP contribution in [0.25, 0.3) is 10.2 Å². The van der Waals surface area contributed by atoms with Crippen LogP contribution in [-0.2, 0) is 6.54 Å². The lowest BCUT2D eigenvalue weighted by Gasteiger charge is -2.05. The van der Waals surface area contributed by atoms with E-state index in [2.05, 4.69) is 10.9 Å². The number of halogens is 1. The highest BCUT2D eigenvalue weighted by Crippen LogP contribution is 2.27. The first-order valence-corrected chi connectivity index (χ1v) is 8.59. The number of amides is 1. The monoisotopic (exact) mass is 354 g/mol. The summed E-state index contributed by atoms with van der Waals surface area (Å²) in [6, 6.07) is 11.2. The van der Waals surface area contributed by atoms with E-state index in [1.54, 1.807) is 6.07 Å². The molecule has 0 radical (unpaired) electrons. The Morgan fingerprint density at radius 1 is 1.29 bits per heavy atom. The number of rotatable bonds is 2. The molecule has 0 saturated carbocycles. The Hall–Kier alpha value is -2.35. The Morgan fingerprint density at radius 3 is 2.75 bits per heavy atom. The van der Waals surface area contributed by atoms with Crippen LogP contribution >= 0.6 is 22.9 Å². The summed E-state index contributed by atoms with van der Waals surface area (Å²) in [7, 11) is 0. The Labute approximate surface area is 149 Å². The number of terminal acetylenes is 1. The normalized spacial score (nSPS) is 11.7. The first-order chi connectivity index (χ1) is 11.5. The number of aryl methyl sites for hydroxylation is 2. The van der Waals surface area contributed by atoms with Crippen LogP contribution < -0.4 is 4.80 Å². The fourth-order valence-electron chi connectivity index (χ4n) is 2.60. The zero-order valence-electron chi connectivity index (χ0n) is 13.3. The highest BCUT2D eigenvalue weighted by molar-refractivity contribution is 7.16. The number of hydrogen-bond acceptors (Lipinski definition) is 2. The van der Waals surface area contributed by atoms with Crippen molar-refractivity contribution in [2.45, 2.75) is 20.4 Å². The summed E-state index contributed by atoms with van der Waals surface area (Å²) in [6.45, 7) is 4.17. The number of carbonyl (C=O) groups is 1. The summed E-state index contributed by atoms with van der Waals surface area (Å²) >= 11 is 7.67. The van der Waals surface area contributed by atoms with Gasteiger partial charge in [0.1, 0.15) is 0 Å². The Morgan fingerprint density at radius 2 is 2.04 bits per heavy atom. The third-order valence-electron chi connectivity index (χ3n) is 3.85. The fraction of sp³-hybridized carbons (Fsp3) is 0.158. The maximum atomic E-state index is 12.6. The van der Waals surface area contributed by atoms with Gasteiger partial charge in [0, 0.05) is 10.6 Å². The lowest BCUT2D eigenvalue weighted by atomic mass is 10.1. The molecule has 1 heterocycles. The standard InChI is InChI=1S/C19H15ClN2OS/c1-4-11-22-17-13(3)15(20)9-10-16(17)24-19(22)21-18(23)14-8-6-5-7-12(14)2/h1,5-10H,11H2,2-3H3. The smallest absolute Gasteiger partial charge is 0.279 e. The number of nitrogens with zero attached hydrogens (tertiary/aromatic N) is 2. The molecule has 3 nitrogen and oxygen atoms in total. The van der Waals surface area contributed by atoms with Crippen LogP contribution in [0.2, 0.25) is 5.02 Å². The Balaban J connectivity index is 2.24. The van der Waals surface area contributed by atoms with Crippen molar-refractivity contribution in [1.82, 2.24) is 4.57 Å². The summed E-state index contributed by atoms with van der Waals surface area (Å²) in [5, 5.41) is 0.669. The van der Waals surface area contributed by atoms with Gasteiger partial charge in [0.15, 0.2) is 4.80 Å². The van der Waals surface area contributed by atoms with E-state index in [1.807, 2.05) is 48.7 Å². The second kappa shape index (κ2) is 6.64. The summed E-state index contributed by atoms with van der Waals surface area (Å²) < 4.78 is 2.88. The van der Waals surface area contributed by atoms with Gasteiger partial charge in [-0.25, -0.2) is 0 Å². The number of carbonyl (C=O) groups excluding carboxylic acids is 1. The van der Waals surface area contributed by atoms with Gasteiger partial charge in [0.25, 0.3) is 5.91 Å². The van der Waals surface area contributed by atoms with Crippen LogP contribution in [0.4, 0.5) is 0 Å². The van der Waals surface area contributed by atoms with Crippen LogP contribution in [-0.4, -0.2) is 10.5 Å². The van der Waals surface area contributed by atoms with Crippen molar-refractivity contribution in [1.29, 1.82) is 0 Å². The molecule has 1 amide bonds. The number of benzene rings is 2. The van der Waals surface area contributed by atoms with Crippen molar-refractivity contribution in [3.63, 3.8) is 0 Å². The van der Waals surface area contributed by atoms with Crippen molar-refractivity contribution < 1.29 is 4.79 Å². The minimum atomic E-state index is -0.269. The third-order valence-corrected chi connectivity index (χ3v) is 5.31. The molecule has 0 spiro atoms. The summed E-state index contributed by atoms with van der Waals surface area (Å²) in [6.07, 6.45) is 5.51. The van der Waals surface area contributed by atoms with E-state index in [-0.39, 0.29) is 5.91 Å². The highest BCUT2D eigenvalue weighted by Gasteiger charge is 2.13. The molecular formula is C19H15ClN2OS. The van der Waals surface area contributed by atoms with Gasteiger partial charge in [-0.05, 0) is 43.2 Å². The van der Waals surface area contributed by atoms with E-state index in [9.17, 15) is 4.79 Å². The molecule has 0 unspecified atom stereocenters. The molecule has 24 heavy (non-hydrogen) atoms. The minimum Gasteiger partial charge on any atom is -0.304 e. The van der Waals surface area contributed by atoms with Gasteiger partial charge >= 0.3 is 0 Å². The molecule has 0 atom stereocenters. The molecule has 3 aromatic rings. The van der Waals surface area contributed by atoms with Crippen molar-refractivity contribution in [3.8, 4) is 12.3 Å². The van der Waals surface area contributed by atoms with Gasteiger partial charge < -0.3 is 4.57 Å². The van der Waals surface area contributed by atoms with Gasteiger partial charge in [0.2, 0.25) is 0 Å². The van der Waals surface area contributed by atoms with Crippen LogP contribution in [0.1, 0.15) is 21.5 Å². The van der Waals surface area contributed by atoms with Gasteiger partial charge in [-0.1, -0.05) is 47.1 Å². The van der Waals surface area contributed by atoms with Gasteiger partial charge in [-0.3, -0.25) is 4.79 Å². The largest absolute Gasteiger partial charge is 0.304 e. The molecular weight excluding hydrogens is 340 g/mol. The number of fused-ring (bicyclic) bond motifs is 1. The molecule has 0 aliphatic heterocycles.